The maximum absolute atomic E-state index is 12.0. The Labute approximate surface area is 188 Å². The Balaban J connectivity index is 1.43. The number of nitrogens with zero attached hydrogens (tertiary/aromatic N) is 4. The highest BCUT2D eigenvalue weighted by molar-refractivity contribution is 8.03. The van der Waals surface area contributed by atoms with E-state index in [0.717, 1.165) is 0 Å². The number of aromatic nitrogens is 4. The normalized spacial score (nSPS) is 10.6. The van der Waals surface area contributed by atoms with Crippen molar-refractivity contribution >= 4 is 81.3 Å². The van der Waals surface area contributed by atoms with E-state index in [4.69, 9.17) is 23.2 Å². The first-order valence-electron chi connectivity index (χ1n) is 7.91. The van der Waals surface area contributed by atoms with Gasteiger partial charge in [-0.15, -0.1) is 10.2 Å². The number of carbonyl (C=O) groups is 2. The largest absolute Gasteiger partial charge is 0.323 e. The van der Waals surface area contributed by atoms with Gasteiger partial charge in [0, 0.05) is 12.4 Å². The molecule has 0 radical (unpaired) electrons. The number of pyridine rings is 2. The smallest absolute Gasteiger partial charge is 0.234 e. The Morgan fingerprint density at radius 2 is 1.31 bits per heavy atom. The highest BCUT2D eigenvalue weighted by Gasteiger charge is 2.12. The molecule has 0 fully saturated rings. The van der Waals surface area contributed by atoms with Gasteiger partial charge < -0.3 is 10.6 Å². The molecule has 0 saturated heterocycles. The molecule has 3 aromatic rings. The van der Waals surface area contributed by atoms with Gasteiger partial charge in [0.25, 0.3) is 0 Å². The van der Waals surface area contributed by atoms with Crippen LogP contribution in [0.5, 0.6) is 0 Å². The molecule has 8 nitrogen and oxygen atoms in total. The maximum Gasteiger partial charge on any atom is 0.234 e. The van der Waals surface area contributed by atoms with Gasteiger partial charge in [-0.05, 0) is 24.3 Å². The van der Waals surface area contributed by atoms with E-state index in [9.17, 15) is 9.59 Å². The third-order valence-electron chi connectivity index (χ3n) is 3.11. The highest BCUT2D eigenvalue weighted by Crippen LogP contribution is 2.29. The first kappa shape index (κ1) is 21.8. The molecule has 2 amide bonds. The number of anilines is 2. The Bertz CT molecular complexity index is 942. The summed E-state index contributed by atoms with van der Waals surface area (Å²) in [6.45, 7) is 0. The lowest BCUT2D eigenvalue weighted by atomic mass is 10.4. The molecule has 0 aliphatic rings. The lowest BCUT2D eigenvalue weighted by Gasteiger charge is -2.05. The van der Waals surface area contributed by atoms with E-state index < -0.39 is 0 Å². The Morgan fingerprint density at radius 1 is 0.862 bits per heavy atom. The molecule has 0 aliphatic heterocycles. The molecule has 29 heavy (non-hydrogen) atoms. The molecule has 3 heterocycles. The van der Waals surface area contributed by atoms with E-state index in [0.29, 0.717) is 20.1 Å². The van der Waals surface area contributed by atoms with Gasteiger partial charge in [-0.1, -0.05) is 58.1 Å². The predicted molar refractivity (Wildman–Crippen MR) is 117 cm³/mol. The number of hydrogen-bond acceptors (Lipinski definition) is 9. The highest BCUT2D eigenvalue weighted by atomic mass is 35.5. The Morgan fingerprint density at radius 3 is 1.72 bits per heavy atom. The average Bonchev–Trinajstić information content (AvgIpc) is 3.16. The minimum Gasteiger partial charge on any atom is -0.323 e. The number of hydrogen-bond donors (Lipinski definition) is 2. The molecule has 0 bridgehead atoms. The maximum atomic E-state index is 12.0. The summed E-state index contributed by atoms with van der Waals surface area (Å²) in [5, 5.41) is 13.9. The summed E-state index contributed by atoms with van der Waals surface area (Å²) in [6.07, 6.45) is 3.08. The Kier molecular flexibility index (Phi) is 8.07. The van der Waals surface area contributed by atoms with Crippen molar-refractivity contribution in [1.82, 2.24) is 20.2 Å². The molecule has 150 valence electrons. The van der Waals surface area contributed by atoms with Gasteiger partial charge in [-0.25, -0.2) is 9.97 Å². The number of thioether (sulfide) groups is 2. The van der Waals surface area contributed by atoms with Crippen LogP contribution < -0.4 is 10.6 Å². The predicted octanol–water partition coefficient (Wildman–Crippen LogP) is 4.10. The number of nitrogens with one attached hydrogen (secondary N) is 2. The first-order chi connectivity index (χ1) is 14.0. The van der Waals surface area contributed by atoms with Gasteiger partial charge in [0.2, 0.25) is 11.8 Å². The van der Waals surface area contributed by atoms with Crippen LogP contribution in [0.4, 0.5) is 11.4 Å². The lowest BCUT2D eigenvalue weighted by molar-refractivity contribution is -0.114. The fourth-order valence-electron chi connectivity index (χ4n) is 1.90. The molecule has 3 aromatic heterocycles. The molecule has 0 spiro atoms. The van der Waals surface area contributed by atoms with Crippen molar-refractivity contribution in [3.63, 3.8) is 0 Å². The van der Waals surface area contributed by atoms with Crippen LogP contribution in [-0.4, -0.2) is 43.5 Å². The van der Waals surface area contributed by atoms with Crippen molar-refractivity contribution in [1.29, 1.82) is 0 Å². The van der Waals surface area contributed by atoms with E-state index in [-0.39, 0.29) is 33.6 Å². The summed E-state index contributed by atoms with van der Waals surface area (Å²) in [6, 6.07) is 6.70. The van der Waals surface area contributed by atoms with E-state index >= 15 is 0 Å². The van der Waals surface area contributed by atoms with Gasteiger partial charge in [0.1, 0.15) is 0 Å². The molecule has 0 aromatic carbocycles. The lowest BCUT2D eigenvalue weighted by Crippen LogP contribution is -2.14. The molecule has 0 saturated carbocycles. The van der Waals surface area contributed by atoms with Gasteiger partial charge in [-0.3, -0.25) is 9.59 Å². The average molecular weight is 487 g/mol. The number of carbonyl (C=O) groups excluding carboxylic acids is 2. The third-order valence-corrected chi connectivity index (χ3v) is 6.90. The van der Waals surface area contributed by atoms with Crippen molar-refractivity contribution in [2.75, 3.05) is 22.1 Å². The fraction of sp³-hybridized carbons (Fsp3) is 0.125. The minimum absolute atomic E-state index is 0.143. The van der Waals surface area contributed by atoms with Crippen molar-refractivity contribution in [3.8, 4) is 0 Å². The van der Waals surface area contributed by atoms with Gasteiger partial charge in [-0.2, -0.15) is 0 Å². The Hall–Kier alpha value is -1.92. The monoisotopic (exact) mass is 486 g/mol. The third kappa shape index (κ3) is 6.82. The number of rotatable bonds is 8. The SMILES string of the molecule is O=C(CSc1nnc(SCC(=O)Nc2cccnc2Cl)s1)Nc1cccnc1Cl. The topological polar surface area (TPSA) is 110 Å². The molecule has 3 rings (SSSR count). The van der Waals surface area contributed by atoms with Gasteiger partial charge in [0.05, 0.1) is 22.9 Å². The molecule has 0 atom stereocenters. The first-order valence-corrected chi connectivity index (χ1v) is 11.5. The van der Waals surface area contributed by atoms with Crippen molar-refractivity contribution in [2.45, 2.75) is 8.68 Å². The standard InChI is InChI=1S/C16H12Cl2N6O2S3/c17-13-9(3-1-5-19-13)21-11(25)7-27-15-23-24-16(29-15)28-8-12(26)22-10-4-2-6-20-14(10)18/h1-6H,7-8H2,(H,21,25)(H,22,26). The van der Waals surface area contributed by atoms with Gasteiger partial charge in [0.15, 0.2) is 19.0 Å². The van der Waals surface area contributed by atoms with Crippen LogP contribution in [0.15, 0.2) is 45.3 Å². The summed E-state index contributed by atoms with van der Waals surface area (Å²) >= 11 is 15.6. The second kappa shape index (κ2) is 10.7. The summed E-state index contributed by atoms with van der Waals surface area (Å²) in [4.78, 5) is 31.8. The molecule has 0 unspecified atom stereocenters. The minimum atomic E-state index is -0.234. The second-order valence-electron chi connectivity index (χ2n) is 5.19. The van der Waals surface area contributed by atoms with Crippen LogP contribution >= 0.6 is 58.1 Å². The van der Waals surface area contributed by atoms with Crippen molar-refractivity contribution in [3.05, 3.63) is 47.0 Å². The number of halogens is 2. The number of amides is 2. The summed E-state index contributed by atoms with van der Waals surface area (Å²) in [7, 11) is 0. The second-order valence-corrected chi connectivity index (χ2v) is 9.33. The summed E-state index contributed by atoms with van der Waals surface area (Å²) in [5.74, 6) is -0.182. The van der Waals surface area contributed by atoms with Crippen LogP contribution in [0.3, 0.4) is 0 Å². The van der Waals surface area contributed by atoms with Crippen LogP contribution in [-0.2, 0) is 9.59 Å². The van der Waals surface area contributed by atoms with Crippen LogP contribution in [0.2, 0.25) is 10.3 Å². The quantitative estimate of drug-likeness (QED) is 0.361. The summed E-state index contributed by atoms with van der Waals surface area (Å²) < 4.78 is 1.24. The zero-order valence-electron chi connectivity index (χ0n) is 14.5. The molecular formula is C16H12Cl2N6O2S3. The van der Waals surface area contributed by atoms with Crippen LogP contribution in [0.1, 0.15) is 0 Å². The molecule has 13 heteroatoms. The van der Waals surface area contributed by atoms with Crippen molar-refractivity contribution in [2.24, 2.45) is 0 Å². The van der Waals surface area contributed by atoms with Crippen LogP contribution in [0, 0.1) is 0 Å². The van der Waals surface area contributed by atoms with Gasteiger partial charge >= 0.3 is 0 Å². The zero-order valence-corrected chi connectivity index (χ0v) is 18.4. The fourth-order valence-corrected chi connectivity index (χ4v) is 4.85. The van der Waals surface area contributed by atoms with Crippen LogP contribution in [0.25, 0.3) is 0 Å². The summed E-state index contributed by atoms with van der Waals surface area (Å²) in [5.41, 5.74) is 0.904. The van der Waals surface area contributed by atoms with E-state index in [1.54, 1.807) is 36.7 Å². The van der Waals surface area contributed by atoms with E-state index in [2.05, 4.69) is 30.8 Å². The molecule has 0 aliphatic carbocycles. The van der Waals surface area contributed by atoms with E-state index in [1.807, 2.05) is 0 Å². The molecular weight excluding hydrogens is 475 g/mol. The molecule has 2 N–H and O–H groups in total. The van der Waals surface area contributed by atoms with Crippen molar-refractivity contribution < 1.29 is 9.59 Å². The zero-order chi connectivity index (χ0) is 20.6. The van der Waals surface area contributed by atoms with E-state index in [1.165, 1.54) is 34.9 Å².